The van der Waals surface area contributed by atoms with Gasteiger partial charge in [0, 0.05) is 13.0 Å². The van der Waals surface area contributed by atoms with Crippen molar-refractivity contribution in [1.82, 2.24) is 5.32 Å². The molecule has 1 nitrogen and oxygen atoms in total. The number of aryl methyl sites for hydroxylation is 2. The van der Waals surface area contributed by atoms with Crippen LogP contribution >= 0.6 is 0 Å². The normalized spacial score (nSPS) is 11.8. The molecular formula is C13H18F3N. The van der Waals surface area contributed by atoms with E-state index in [4.69, 9.17) is 0 Å². The lowest BCUT2D eigenvalue weighted by Gasteiger charge is -2.09. The Hall–Kier alpha value is -1.03. The van der Waals surface area contributed by atoms with Crippen LogP contribution in [0.1, 0.15) is 29.5 Å². The molecule has 0 saturated carbocycles. The van der Waals surface area contributed by atoms with Crippen LogP contribution in [0, 0.1) is 13.8 Å². The second-order valence-corrected chi connectivity index (χ2v) is 4.33. The summed E-state index contributed by atoms with van der Waals surface area (Å²) in [7, 11) is 0. The topological polar surface area (TPSA) is 12.0 Å². The Kier molecular flexibility index (Phi) is 5.00. The summed E-state index contributed by atoms with van der Waals surface area (Å²) in [6.45, 7) is 5.04. The molecule has 1 aromatic rings. The summed E-state index contributed by atoms with van der Waals surface area (Å²) in [5, 5.41) is 3.04. The number of alkyl halides is 3. The van der Waals surface area contributed by atoms with E-state index in [9.17, 15) is 13.2 Å². The highest BCUT2D eigenvalue weighted by Crippen LogP contribution is 2.20. The minimum atomic E-state index is -4.04. The highest BCUT2D eigenvalue weighted by molar-refractivity contribution is 5.30. The number of benzene rings is 1. The van der Waals surface area contributed by atoms with Crippen molar-refractivity contribution in [3.63, 3.8) is 0 Å². The summed E-state index contributed by atoms with van der Waals surface area (Å²) >= 11 is 0. The lowest BCUT2D eigenvalue weighted by atomic mass is 10.1. The van der Waals surface area contributed by atoms with Crippen LogP contribution in [0.15, 0.2) is 18.2 Å². The smallest absolute Gasteiger partial charge is 0.313 e. The summed E-state index contributed by atoms with van der Waals surface area (Å²) in [6.07, 6.45) is -4.62. The predicted molar refractivity (Wildman–Crippen MR) is 62.9 cm³/mol. The third kappa shape index (κ3) is 5.73. The Bertz CT molecular complexity index is 358. The Morgan fingerprint density at radius 2 is 1.88 bits per heavy atom. The molecular weight excluding hydrogens is 227 g/mol. The zero-order valence-electron chi connectivity index (χ0n) is 10.2. The fourth-order valence-electron chi connectivity index (χ4n) is 1.63. The standard InChI is InChI=1S/C13H18F3N/c1-10-4-5-11(2)12(8-10)9-17-7-3-6-13(14,15)16/h4-5,8,17H,3,6-7,9H2,1-2H3. The van der Waals surface area contributed by atoms with Crippen LogP contribution in [0.4, 0.5) is 13.2 Å². The van der Waals surface area contributed by atoms with Gasteiger partial charge in [0.1, 0.15) is 0 Å². The average Bonchev–Trinajstić information content (AvgIpc) is 2.21. The molecule has 0 radical (unpaired) electrons. The molecule has 17 heavy (non-hydrogen) atoms. The van der Waals surface area contributed by atoms with Gasteiger partial charge in [-0.3, -0.25) is 0 Å². The monoisotopic (exact) mass is 245 g/mol. The largest absolute Gasteiger partial charge is 0.389 e. The molecule has 0 saturated heterocycles. The quantitative estimate of drug-likeness (QED) is 0.779. The van der Waals surface area contributed by atoms with Crippen molar-refractivity contribution in [3.05, 3.63) is 34.9 Å². The first-order valence-electron chi connectivity index (χ1n) is 5.72. The Morgan fingerprint density at radius 3 is 2.53 bits per heavy atom. The van der Waals surface area contributed by atoms with E-state index in [1.807, 2.05) is 26.0 Å². The molecule has 0 spiro atoms. The second-order valence-electron chi connectivity index (χ2n) is 4.33. The van der Waals surface area contributed by atoms with Gasteiger partial charge in [-0.05, 0) is 37.9 Å². The van der Waals surface area contributed by atoms with Gasteiger partial charge in [-0.15, -0.1) is 0 Å². The maximum atomic E-state index is 11.9. The summed E-state index contributed by atoms with van der Waals surface area (Å²) in [5.74, 6) is 0. The van der Waals surface area contributed by atoms with Crippen molar-refractivity contribution in [2.75, 3.05) is 6.54 Å². The SMILES string of the molecule is Cc1ccc(C)c(CNCCCC(F)(F)F)c1. The van der Waals surface area contributed by atoms with E-state index >= 15 is 0 Å². The third-order valence-corrected chi connectivity index (χ3v) is 2.63. The lowest BCUT2D eigenvalue weighted by Crippen LogP contribution is -2.18. The molecule has 0 bridgehead atoms. The maximum absolute atomic E-state index is 11.9. The molecule has 0 fully saturated rings. The van der Waals surface area contributed by atoms with E-state index in [0.29, 0.717) is 13.1 Å². The molecule has 0 heterocycles. The van der Waals surface area contributed by atoms with Crippen LogP contribution in [0.5, 0.6) is 0 Å². The first kappa shape index (κ1) is 14.0. The van der Waals surface area contributed by atoms with Gasteiger partial charge >= 0.3 is 6.18 Å². The lowest BCUT2D eigenvalue weighted by molar-refractivity contribution is -0.135. The number of hydrogen-bond acceptors (Lipinski definition) is 1. The van der Waals surface area contributed by atoms with Crippen molar-refractivity contribution in [1.29, 1.82) is 0 Å². The van der Waals surface area contributed by atoms with Crippen LogP contribution in [0.25, 0.3) is 0 Å². The number of rotatable bonds is 5. The molecule has 1 N–H and O–H groups in total. The molecule has 0 atom stereocenters. The molecule has 0 aliphatic carbocycles. The fourth-order valence-corrected chi connectivity index (χ4v) is 1.63. The van der Waals surface area contributed by atoms with Crippen molar-refractivity contribution in [3.8, 4) is 0 Å². The van der Waals surface area contributed by atoms with Crippen LogP contribution in [-0.4, -0.2) is 12.7 Å². The number of halogens is 3. The zero-order chi connectivity index (χ0) is 12.9. The van der Waals surface area contributed by atoms with E-state index in [2.05, 4.69) is 11.4 Å². The van der Waals surface area contributed by atoms with Crippen molar-refractivity contribution in [2.24, 2.45) is 0 Å². The first-order valence-corrected chi connectivity index (χ1v) is 5.72. The van der Waals surface area contributed by atoms with Crippen LogP contribution in [0.2, 0.25) is 0 Å². The highest BCUT2D eigenvalue weighted by Gasteiger charge is 2.25. The Balaban J connectivity index is 2.29. The van der Waals surface area contributed by atoms with Crippen molar-refractivity contribution in [2.45, 2.75) is 39.4 Å². The molecule has 0 unspecified atom stereocenters. The Labute approximate surface area is 100 Å². The van der Waals surface area contributed by atoms with Crippen molar-refractivity contribution >= 4 is 0 Å². The molecule has 1 aromatic carbocycles. The van der Waals surface area contributed by atoms with Gasteiger partial charge in [0.2, 0.25) is 0 Å². The van der Waals surface area contributed by atoms with Gasteiger partial charge in [0.25, 0.3) is 0 Å². The molecule has 1 rings (SSSR count). The van der Waals surface area contributed by atoms with Crippen LogP contribution in [-0.2, 0) is 6.54 Å². The Morgan fingerprint density at radius 1 is 1.18 bits per heavy atom. The molecule has 0 aliphatic rings. The van der Waals surface area contributed by atoms with Crippen LogP contribution in [0.3, 0.4) is 0 Å². The third-order valence-electron chi connectivity index (χ3n) is 2.63. The highest BCUT2D eigenvalue weighted by atomic mass is 19.4. The summed E-state index contributed by atoms with van der Waals surface area (Å²) < 4.78 is 35.7. The molecule has 0 aliphatic heterocycles. The van der Waals surface area contributed by atoms with E-state index in [0.717, 1.165) is 5.56 Å². The van der Waals surface area contributed by atoms with Crippen LogP contribution < -0.4 is 5.32 Å². The average molecular weight is 245 g/mol. The van der Waals surface area contributed by atoms with E-state index in [-0.39, 0.29) is 6.42 Å². The first-order chi connectivity index (χ1) is 7.88. The number of hydrogen-bond donors (Lipinski definition) is 1. The molecule has 96 valence electrons. The van der Waals surface area contributed by atoms with Gasteiger partial charge < -0.3 is 5.32 Å². The summed E-state index contributed by atoms with van der Waals surface area (Å²) in [5.41, 5.74) is 3.48. The van der Waals surface area contributed by atoms with E-state index in [1.54, 1.807) is 0 Å². The molecule has 0 amide bonds. The van der Waals surface area contributed by atoms with Gasteiger partial charge in [-0.25, -0.2) is 0 Å². The van der Waals surface area contributed by atoms with E-state index in [1.165, 1.54) is 11.1 Å². The zero-order valence-corrected chi connectivity index (χ0v) is 10.2. The summed E-state index contributed by atoms with van der Waals surface area (Å²) in [6, 6.07) is 6.12. The minimum absolute atomic E-state index is 0.133. The van der Waals surface area contributed by atoms with Gasteiger partial charge in [-0.2, -0.15) is 13.2 Å². The number of nitrogens with one attached hydrogen (secondary N) is 1. The summed E-state index contributed by atoms with van der Waals surface area (Å²) in [4.78, 5) is 0. The molecule has 0 aromatic heterocycles. The molecule has 4 heteroatoms. The van der Waals surface area contributed by atoms with E-state index < -0.39 is 12.6 Å². The van der Waals surface area contributed by atoms with Gasteiger partial charge in [0.05, 0.1) is 0 Å². The van der Waals surface area contributed by atoms with Gasteiger partial charge in [-0.1, -0.05) is 23.8 Å². The van der Waals surface area contributed by atoms with Crippen molar-refractivity contribution < 1.29 is 13.2 Å². The predicted octanol–water partition coefficient (Wildman–Crippen LogP) is 3.74. The minimum Gasteiger partial charge on any atom is -0.313 e. The van der Waals surface area contributed by atoms with Gasteiger partial charge in [0.15, 0.2) is 0 Å². The fraction of sp³-hybridized carbons (Fsp3) is 0.538. The maximum Gasteiger partial charge on any atom is 0.389 e. The second kappa shape index (κ2) is 6.05.